The fourth-order valence-electron chi connectivity index (χ4n) is 2.89. The predicted octanol–water partition coefficient (Wildman–Crippen LogP) is 4.77. The first-order valence-electron chi connectivity index (χ1n) is 9.09. The van der Waals surface area contributed by atoms with Gasteiger partial charge in [0.25, 0.3) is 0 Å². The van der Waals surface area contributed by atoms with Gasteiger partial charge in [0.15, 0.2) is 0 Å². The number of thioether (sulfide) groups is 1. The van der Waals surface area contributed by atoms with E-state index in [1.54, 1.807) is 36.4 Å². The maximum Gasteiger partial charge on any atom is 0.339 e. The average Bonchev–Trinajstić information content (AvgIpc) is 3.19. The number of rotatable bonds is 5. The molecule has 3 aromatic rings. The molecule has 0 saturated heterocycles. The molecule has 0 amide bonds. The fourth-order valence-corrected chi connectivity index (χ4v) is 4.87. The molecule has 0 aromatic heterocycles. The lowest BCUT2D eigenvalue weighted by molar-refractivity contribution is 0.481. The number of para-hydroxylation sites is 1. The van der Waals surface area contributed by atoms with Crippen molar-refractivity contribution in [3.8, 4) is 5.75 Å². The third kappa shape index (κ3) is 4.31. The molecular weight excluding hydrogens is 404 g/mol. The van der Waals surface area contributed by atoms with Crippen molar-refractivity contribution in [2.24, 2.45) is 5.10 Å². The Hall–Kier alpha value is -2.77. The van der Waals surface area contributed by atoms with E-state index in [0.717, 1.165) is 21.7 Å². The molecule has 0 unspecified atom stereocenters. The number of hydrogen-bond donors (Lipinski definition) is 1. The van der Waals surface area contributed by atoms with Crippen molar-refractivity contribution in [3.05, 3.63) is 95.1 Å². The second-order valence-electron chi connectivity index (χ2n) is 6.80. The second kappa shape index (κ2) is 7.93. The first-order valence-corrected chi connectivity index (χ1v) is 11.4. The summed E-state index contributed by atoms with van der Waals surface area (Å²) in [4.78, 5) is 0.126. The maximum absolute atomic E-state index is 12.7. The van der Waals surface area contributed by atoms with Crippen LogP contribution in [0.5, 0.6) is 5.75 Å². The van der Waals surface area contributed by atoms with Crippen molar-refractivity contribution in [1.82, 2.24) is 5.43 Å². The van der Waals surface area contributed by atoms with Gasteiger partial charge < -0.3 is 4.18 Å². The van der Waals surface area contributed by atoms with Crippen molar-refractivity contribution in [1.29, 1.82) is 0 Å². The fraction of sp³-hybridized carbons (Fsp3) is 0.136. The van der Waals surface area contributed by atoms with E-state index >= 15 is 0 Å². The molecule has 5 nitrogen and oxygen atoms in total. The van der Waals surface area contributed by atoms with Gasteiger partial charge in [-0.15, -0.1) is 0 Å². The summed E-state index contributed by atoms with van der Waals surface area (Å²) in [5, 5.41) is 5.04. The lowest BCUT2D eigenvalue weighted by Crippen LogP contribution is -2.14. The van der Waals surface area contributed by atoms with Gasteiger partial charge in [0, 0.05) is 11.1 Å². The van der Waals surface area contributed by atoms with E-state index in [2.05, 4.69) is 10.5 Å². The van der Waals surface area contributed by atoms with Gasteiger partial charge in [-0.2, -0.15) is 13.5 Å². The zero-order valence-electron chi connectivity index (χ0n) is 16.0. The van der Waals surface area contributed by atoms with Crippen molar-refractivity contribution >= 4 is 26.9 Å². The molecule has 0 aliphatic carbocycles. The molecule has 1 heterocycles. The molecule has 0 saturated carbocycles. The minimum absolute atomic E-state index is 0.126. The summed E-state index contributed by atoms with van der Waals surface area (Å²) >= 11 is 1.52. The summed E-state index contributed by atoms with van der Waals surface area (Å²) in [5.41, 5.74) is 6.99. The number of nitrogens with zero attached hydrogens (tertiary/aromatic N) is 1. The first kappa shape index (κ1) is 19.5. The van der Waals surface area contributed by atoms with E-state index in [4.69, 9.17) is 4.18 Å². The Bertz CT molecular complexity index is 1160. The normalized spacial score (nSPS) is 16.2. The maximum atomic E-state index is 12.7. The molecule has 148 valence electrons. The molecule has 0 spiro atoms. The summed E-state index contributed by atoms with van der Waals surface area (Å²) in [6.45, 7) is 3.94. The van der Waals surface area contributed by atoms with E-state index in [-0.39, 0.29) is 10.3 Å². The molecule has 1 aliphatic rings. The van der Waals surface area contributed by atoms with Gasteiger partial charge >= 0.3 is 10.1 Å². The zero-order chi connectivity index (χ0) is 20.4. The van der Waals surface area contributed by atoms with Gasteiger partial charge in [0.2, 0.25) is 0 Å². The third-order valence-electron chi connectivity index (χ3n) is 4.52. The Morgan fingerprint density at radius 2 is 1.52 bits per heavy atom. The SMILES string of the molecule is Cc1ccc(C2=NN[C@@H](c3ccccc3OS(=O)(=O)c3ccc(C)cc3)S2)cc1. The second-order valence-corrected chi connectivity index (χ2v) is 9.44. The number of hydrogen-bond acceptors (Lipinski definition) is 6. The highest BCUT2D eigenvalue weighted by Gasteiger charge is 2.27. The van der Waals surface area contributed by atoms with Gasteiger partial charge in [0.1, 0.15) is 21.1 Å². The van der Waals surface area contributed by atoms with Crippen molar-refractivity contribution in [2.45, 2.75) is 24.1 Å². The van der Waals surface area contributed by atoms with Crippen LogP contribution in [0.3, 0.4) is 0 Å². The van der Waals surface area contributed by atoms with E-state index in [0.29, 0.717) is 5.75 Å². The molecular formula is C22H20N2O3S2. The number of aryl methyl sites for hydroxylation is 2. The van der Waals surface area contributed by atoms with E-state index in [1.165, 1.54) is 17.3 Å². The van der Waals surface area contributed by atoms with Gasteiger partial charge in [0.05, 0.1) is 0 Å². The number of nitrogens with one attached hydrogen (secondary N) is 1. The number of hydrazone groups is 1. The summed E-state index contributed by atoms with van der Waals surface area (Å²) < 4.78 is 30.9. The van der Waals surface area contributed by atoms with Crippen molar-refractivity contribution in [2.75, 3.05) is 0 Å². The molecule has 1 aliphatic heterocycles. The average molecular weight is 425 g/mol. The molecule has 1 atom stereocenters. The van der Waals surface area contributed by atoms with E-state index in [1.807, 2.05) is 50.2 Å². The lowest BCUT2D eigenvalue weighted by atomic mass is 10.2. The van der Waals surface area contributed by atoms with Crippen LogP contribution in [0.1, 0.15) is 27.6 Å². The van der Waals surface area contributed by atoms with Gasteiger partial charge in [-0.3, -0.25) is 5.43 Å². The topological polar surface area (TPSA) is 67.8 Å². The summed E-state index contributed by atoms with van der Waals surface area (Å²) in [6, 6.07) is 21.8. The highest BCUT2D eigenvalue weighted by atomic mass is 32.2. The molecule has 0 fully saturated rings. The van der Waals surface area contributed by atoms with Crippen LogP contribution in [0.2, 0.25) is 0 Å². The van der Waals surface area contributed by atoms with Crippen LogP contribution in [0.15, 0.2) is 82.8 Å². The van der Waals surface area contributed by atoms with E-state index in [9.17, 15) is 8.42 Å². The van der Waals surface area contributed by atoms with Crippen molar-refractivity contribution < 1.29 is 12.6 Å². The molecule has 0 bridgehead atoms. The zero-order valence-corrected chi connectivity index (χ0v) is 17.6. The van der Waals surface area contributed by atoms with Crippen LogP contribution in [-0.4, -0.2) is 13.5 Å². The molecule has 0 radical (unpaired) electrons. The van der Waals surface area contributed by atoms with Crippen LogP contribution < -0.4 is 9.61 Å². The minimum atomic E-state index is -3.93. The van der Waals surface area contributed by atoms with Crippen LogP contribution in [-0.2, 0) is 10.1 Å². The Labute approximate surface area is 174 Å². The largest absolute Gasteiger partial charge is 0.379 e. The Kier molecular flexibility index (Phi) is 5.34. The van der Waals surface area contributed by atoms with Crippen molar-refractivity contribution in [3.63, 3.8) is 0 Å². The minimum Gasteiger partial charge on any atom is -0.379 e. The highest BCUT2D eigenvalue weighted by molar-refractivity contribution is 8.14. The van der Waals surface area contributed by atoms with Crippen LogP contribution in [0, 0.1) is 13.8 Å². The summed E-state index contributed by atoms with van der Waals surface area (Å²) in [7, 11) is -3.93. The molecule has 4 rings (SSSR count). The van der Waals surface area contributed by atoms with Crippen LogP contribution >= 0.6 is 11.8 Å². The lowest BCUT2D eigenvalue weighted by Gasteiger charge is -2.15. The smallest absolute Gasteiger partial charge is 0.339 e. The Balaban J connectivity index is 1.56. The predicted molar refractivity (Wildman–Crippen MR) is 117 cm³/mol. The quantitative estimate of drug-likeness (QED) is 0.598. The molecule has 3 aromatic carbocycles. The Morgan fingerprint density at radius 1 is 0.897 bits per heavy atom. The Morgan fingerprint density at radius 3 is 2.21 bits per heavy atom. The van der Waals surface area contributed by atoms with E-state index < -0.39 is 10.1 Å². The highest BCUT2D eigenvalue weighted by Crippen LogP contribution is 2.39. The van der Waals surface area contributed by atoms with Crippen LogP contribution in [0.4, 0.5) is 0 Å². The standard InChI is InChI=1S/C22H20N2O3S2/c1-15-7-11-17(12-8-15)21-23-24-22(28-21)19-5-3-4-6-20(19)27-29(25,26)18-13-9-16(2)10-14-18/h3-14,22,24H,1-2H3/t22-/m1/s1. The first-order chi connectivity index (χ1) is 13.9. The van der Waals surface area contributed by atoms with Crippen LogP contribution in [0.25, 0.3) is 0 Å². The van der Waals surface area contributed by atoms with Gasteiger partial charge in [-0.1, -0.05) is 77.5 Å². The summed E-state index contributed by atoms with van der Waals surface area (Å²) in [6.07, 6.45) is 0. The molecule has 7 heteroatoms. The summed E-state index contributed by atoms with van der Waals surface area (Å²) in [5.74, 6) is 0.290. The van der Waals surface area contributed by atoms with Gasteiger partial charge in [-0.05, 0) is 32.0 Å². The molecule has 1 N–H and O–H groups in total. The van der Waals surface area contributed by atoms with Gasteiger partial charge in [-0.25, -0.2) is 0 Å². The molecule has 29 heavy (non-hydrogen) atoms. The third-order valence-corrected chi connectivity index (χ3v) is 6.92. The number of benzene rings is 3. The monoisotopic (exact) mass is 424 g/mol.